The summed E-state index contributed by atoms with van der Waals surface area (Å²) in [7, 11) is 0. The molecule has 0 saturated carbocycles. The Labute approximate surface area is 88.6 Å². The number of carbonyl (C=O) groups is 1. The van der Waals surface area contributed by atoms with Crippen molar-refractivity contribution in [1.82, 2.24) is 15.1 Å². The third-order valence-electron chi connectivity index (χ3n) is 2.98. The highest BCUT2D eigenvalue weighted by atomic mass is 16.2. The van der Waals surface area contributed by atoms with Crippen LogP contribution in [0.3, 0.4) is 0 Å². The first-order valence-corrected chi connectivity index (χ1v) is 5.31. The lowest BCUT2D eigenvalue weighted by atomic mass is 10.1. The Kier molecular flexibility index (Phi) is 2.62. The number of carbonyl (C=O) groups excluding carboxylic acids is 1. The molecule has 0 aromatic carbocycles. The molecule has 5 heteroatoms. The van der Waals surface area contributed by atoms with E-state index in [1.54, 1.807) is 6.07 Å². The number of nitrogens with zero attached hydrogens (tertiary/aromatic N) is 2. The number of anilines is 1. The zero-order valence-corrected chi connectivity index (χ0v) is 8.86. The van der Waals surface area contributed by atoms with E-state index >= 15 is 0 Å². The number of aromatic nitrogens is 2. The van der Waals surface area contributed by atoms with Gasteiger partial charge in [0.25, 0.3) is 5.91 Å². The fourth-order valence-electron chi connectivity index (χ4n) is 1.97. The number of likely N-dealkylation sites (tertiary alicyclic amines) is 1. The summed E-state index contributed by atoms with van der Waals surface area (Å²) >= 11 is 0. The van der Waals surface area contributed by atoms with Gasteiger partial charge in [-0.2, -0.15) is 5.10 Å². The summed E-state index contributed by atoms with van der Waals surface area (Å²) in [5.74, 6) is 1.02. The van der Waals surface area contributed by atoms with Crippen molar-refractivity contribution >= 4 is 11.7 Å². The lowest BCUT2D eigenvalue weighted by Gasteiger charge is -2.14. The van der Waals surface area contributed by atoms with Gasteiger partial charge in [-0.1, -0.05) is 13.3 Å². The Bertz CT molecular complexity index is 360. The second-order valence-corrected chi connectivity index (χ2v) is 4.02. The van der Waals surface area contributed by atoms with Crippen molar-refractivity contribution in [2.45, 2.75) is 19.8 Å². The lowest BCUT2D eigenvalue weighted by Crippen LogP contribution is -2.28. The van der Waals surface area contributed by atoms with Crippen molar-refractivity contribution in [2.75, 3.05) is 18.8 Å². The Hall–Kier alpha value is -1.52. The summed E-state index contributed by atoms with van der Waals surface area (Å²) in [5, 5.41) is 6.40. The highest BCUT2D eigenvalue weighted by Gasteiger charge is 2.26. The van der Waals surface area contributed by atoms with Crippen LogP contribution in [0.1, 0.15) is 30.3 Å². The van der Waals surface area contributed by atoms with E-state index in [-0.39, 0.29) is 5.91 Å². The van der Waals surface area contributed by atoms with Crippen molar-refractivity contribution in [1.29, 1.82) is 0 Å². The van der Waals surface area contributed by atoms with Gasteiger partial charge in [0, 0.05) is 19.2 Å². The molecule has 82 valence electrons. The van der Waals surface area contributed by atoms with Crippen LogP contribution >= 0.6 is 0 Å². The molecule has 2 heterocycles. The van der Waals surface area contributed by atoms with E-state index in [0.29, 0.717) is 17.4 Å². The summed E-state index contributed by atoms with van der Waals surface area (Å²) in [6, 6.07) is 1.58. The van der Waals surface area contributed by atoms with Crippen LogP contribution in [0.25, 0.3) is 0 Å². The lowest BCUT2D eigenvalue weighted by molar-refractivity contribution is 0.0781. The number of hydrogen-bond acceptors (Lipinski definition) is 3. The number of nitrogen functional groups attached to an aromatic ring is 1. The number of nitrogens with one attached hydrogen (secondary N) is 1. The molecule has 1 fully saturated rings. The van der Waals surface area contributed by atoms with Crippen LogP contribution in [0.5, 0.6) is 0 Å². The smallest absolute Gasteiger partial charge is 0.271 e. The molecule has 1 aliphatic heterocycles. The van der Waals surface area contributed by atoms with Crippen LogP contribution in [0.4, 0.5) is 5.82 Å². The van der Waals surface area contributed by atoms with Gasteiger partial charge in [-0.15, -0.1) is 0 Å². The third-order valence-corrected chi connectivity index (χ3v) is 2.98. The normalized spacial score (nSPS) is 20.9. The Morgan fingerprint density at radius 3 is 3.13 bits per heavy atom. The molecule has 15 heavy (non-hydrogen) atoms. The van der Waals surface area contributed by atoms with Gasteiger partial charge in [0.15, 0.2) is 0 Å². The van der Waals surface area contributed by atoms with Crippen molar-refractivity contribution in [3.05, 3.63) is 11.8 Å². The molecule has 1 saturated heterocycles. The van der Waals surface area contributed by atoms with E-state index in [1.807, 2.05) is 4.90 Å². The zero-order valence-electron chi connectivity index (χ0n) is 8.86. The van der Waals surface area contributed by atoms with E-state index in [1.165, 1.54) is 0 Å². The van der Waals surface area contributed by atoms with Crippen LogP contribution in [-0.2, 0) is 0 Å². The quantitative estimate of drug-likeness (QED) is 0.757. The SMILES string of the molecule is CCC1CCN(C(=O)c2cc(N)n[nH]2)C1. The fourth-order valence-corrected chi connectivity index (χ4v) is 1.97. The zero-order chi connectivity index (χ0) is 10.8. The van der Waals surface area contributed by atoms with Crippen LogP contribution in [0, 0.1) is 5.92 Å². The second-order valence-electron chi connectivity index (χ2n) is 4.02. The Morgan fingerprint density at radius 2 is 2.60 bits per heavy atom. The second kappa shape index (κ2) is 3.92. The molecule has 0 radical (unpaired) electrons. The number of amides is 1. The van der Waals surface area contributed by atoms with Crippen LogP contribution in [0.2, 0.25) is 0 Å². The minimum atomic E-state index is 0.00940. The molecule has 1 aromatic heterocycles. The van der Waals surface area contributed by atoms with Gasteiger partial charge in [0.05, 0.1) is 0 Å². The molecule has 0 bridgehead atoms. The number of rotatable bonds is 2. The molecule has 2 rings (SSSR count). The van der Waals surface area contributed by atoms with E-state index in [0.717, 1.165) is 25.9 Å². The number of hydrogen-bond donors (Lipinski definition) is 2. The van der Waals surface area contributed by atoms with Gasteiger partial charge in [0.2, 0.25) is 0 Å². The van der Waals surface area contributed by atoms with E-state index in [2.05, 4.69) is 17.1 Å². The average Bonchev–Trinajstić information content (AvgIpc) is 2.84. The fraction of sp³-hybridized carbons (Fsp3) is 0.600. The van der Waals surface area contributed by atoms with Gasteiger partial charge < -0.3 is 10.6 Å². The molecular formula is C10H16N4O. The largest absolute Gasteiger partial charge is 0.382 e. The molecule has 1 amide bonds. The van der Waals surface area contributed by atoms with Crippen molar-refractivity contribution in [2.24, 2.45) is 5.92 Å². The van der Waals surface area contributed by atoms with E-state index in [4.69, 9.17) is 5.73 Å². The van der Waals surface area contributed by atoms with Crippen LogP contribution < -0.4 is 5.73 Å². The topological polar surface area (TPSA) is 75.0 Å². The number of nitrogens with two attached hydrogens (primary N) is 1. The van der Waals surface area contributed by atoms with Crippen molar-refractivity contribution in [3.63, 3.8) is 0 Å². The van der Waals surface area contributed by atoms with Crippen LogP contribution in [-0.4, -0.2) is 34.1 Å². The summed E-state index contributed by atoms with van der Waals surface area (Å²) in [5.41, 5.74) is 5.95. The molecule has 1 atom stereocenters. The third kappa shape index (κ3) is 1.95. The van der Waals surface area contributed by atoms with Gasteiger partial charge >= 0.3 is 0 Å². The molecule has 3 N–H and O–H groups in total. The molecule has 1 unspecified atom stereocenters. The van der Waals surface area contributed by atoms with Crippen LogP contribution in [0.15, 0.2) is 6.07 Å². The molecule has 0 aliphatic carbocycles. The summed E-state index contributed by atoms with van der Waals surface area (Å²) < 4.78 is 0. The highest BCUT2D eigenvalue weighted by molar-refractivity contribution is 5.93. The maximum atomic E-state index is 11.9. The molecule has 0 spiro atoms. The van der Waals surface area contributed by atoms with Gasteiger partial charge in [-0.25, -0.2) is 0 Å². The Balaban J connectivity index is 2.03. The van der Waals surface area contributed by atoms with Gasteiger partial charge in [-0.3, -0.25) is 9.89 Å². The maximum absolute atomic E-state index is 11.9. The van der Waals surface area contributed by atoms with Crippen molar-refractivity contribution < 1.29 is 4.79 Å². The number of H-pyrrole nitrogens is 1. The standard InChI is InChI=1S/C10H16N4O/c1-2-7-3-4-14(6-7)10(15)8-5-9(11)13-12-8/h5,7H,2-4,6H2,1H3,(H3,11,12,13). The predicted octanol–water partition coefficient (Wildman–Crippen LogP) is 0.864. The summed E-state index contributed by atoms with van der Waals surface area (Å²) in [6.45, 7) is 3.86. The van der Waals surface area contributed by atoms with Crippen molar-refractivity contribution in [3.8, 4) is 0 Å². The summed E-state index contributed by atoms with van der Waals surface area (Å²) in [4.78, 5) is 13.8. The Morgan fingerprint density at radius 1 is 1.80 bits per heavy atom. The van der Waals surface area contributed by atoms with E-state index < -0.39 is 0 Å². The predicted molar refractivity (Wildman–Crippen MR) is 57.3 cm³/mol. The van der Waals surface area contributed by atoms with Gasteiger partial charge in [-0.05, 0) is 12.3 Å². The average molecular weight is 208 g/mol. The van der Waals surface area contributed by atoms with E-state index in [9.17, 15) is 4.79 Å². The molecule has 1 aliphatic rings. The highest BCUT2D eigenvalue weighted by Crippen LogP contribution is 2.20. The molecule has 1 aromatic rings. The number of aromatic amines is 1. The molecule has 5 nitrogen and oxygen atoms in total. The van der Waals surface area contributed by atoms with Gasteiger partial charge in [0.1, 0.15) is 11.5 Å². The minimum Gasteiger partial charge on any atom is -0.382 e. The first-order valence-electron chi connectivity index (χ1n) is 5.31. The minimum absolute atomic E-state index is 0.00940. The first kappa shape index (κ1) is 10.0. The molecular weight excluding hydrogens is 192 g/mol. The summed E-state index contributed by atoms with van der Waals surface area (Å²) in [6.07, 6.45) is 2.24. The maximum Gasteiger partial charge on any atom is 0.271 e. The monoisotopic (exact) mass is 208 g/mol. The first-order chi connectivity index (χ1) is 7.20.